The SMILES string of the molecule is CCOc1ccccc1NC(=O)C[NH+]1CCN(c2ccc(O)cc2)CC1. The summed E-state index contributed by atoms with van der Waals surface area (Å²) in [7, 11) is 0. The van der Waals surface area contributed by atoms with Crippen molar-refractivity contribution in [3.05, 3.63) is 48.5 Å². The molecule has 0 saturated carbocycles. The molecule has 0 aromatic heterocycles. The van der Waals surface area contributed by atoms with E-state index in [1.807, 2.05) is 43.3 Å². The molecule has 1 amide bonds. The topological polar surface area (TPSA) is 66.2 Å². The van der Waals surface area contributed by atoms with Crippen LogP contribution in [-0.4, -0.2) is 50.3 Å². The van der Waals surface area contributed by atoms with Gasteiger partial charge in [0.2, 0.25) is 0 Å². The highest BCUT2D eigenvalue weighted by molar-refractivity contribution is 5.92. The van der Waals surface area contributed by atoms with Crippen molar-refractivity contribution in [3.8, 4) is 11.5 Å². The molecule has 0 atom stereocenters. The number of amides is 1. The first-order valence-electron chi connectivity index (χ1n) is 9.05. The summed E-state index contributed by atoms with van der Waals surface area (Å²) in [5.74, 6) is 0.989. The highest BCUT2D eigenvalue weighted by atomic mass is 16.5. The standard InChI is InChI=1S/C20H25N3O3/c1-2-26-19-6-4-3-5-18(19)21-20(25)15-22-11-13-23(14-12-22)16-7-9-17(24)10-8-16/h3-10,24H,2,11-15H2,1H3,(H,21,25)/p+1. The number of ether oxygens (including phenoxy) is 1. The third-order valence-electron chi connectivity index (χ3n) is 4.56. The van der Waals surface area contributed by atoms with Gasteiger partial charge in [0.05, 0.1) is 38.5 Å². The molecular weight excluding hydrogens is 330 g/mol. The molecule has 1 aliphatic rings. The van der Waals surface area contributed by atoms with Gasteiger partial charge < -0.3 is 25.0 Å². The number of phenols is 1. The molecule has 1 saturated heterocycles. The third kappa shape index (κ3) is 4.67. The summed E-state index contributed by atoms with van der Waals surface area (Å²) in [6.07, 6.45) is 0. The number of aromatic hydroxyl groups is 1. The molecule has 0 radical (unpaired) electrons. The van der Waals surface area contributed by atoms with Crippen LogP contribution >= 0.6 is 0 Å². The molecule has 1 heterocycles. The minimum Gasteiger partial charge on any atom is -0.508 e. The highest BCUT2D eigenvalue weighted by Gasteiger charge is 2.22. The third-order valence-corrected chi connectivity index (χ3v) is 4.56. The van der Waals surface area contributed by atoms with E-state index in [9.17, 15) is 9.90 Å². The van der Waals surface area contributed by atoms with Gasteiger partial charge in [-0.15, -0.1) is 0 Å². The number of rotatable bonds is 6. The van der Waals surface area contributed by atoms with Gasteiger partial charge in [0, 0.05) is 5.69 Å². The van der Waals surface area contributed by atoms with Crippen LogP contribution in [0, 0.1) is 0 Å². The van der Waals surface area contributed by atoms with Crippen molar-refractivity contribution in [2.75, 3.05) is 49.5 Å². The van der Waals surface area contributed by atoms with E-state index < -0.39 is 0 Å². The molecule has 3 rings (SSSR count). The zero-order valence-electron chi connectivity index (χ0n) is 15.1. The zero-order chi connectivity index (χ0) is 18.4. The average Bonchev–Trinajstić information content (AvgIpc) is 2.65. The summed E-state index contributed by atoms with van der Waals surface area (Å²) in [4.78, 5) is 16.0. The van der Waals surface area contributed by atoms with Crippen LogP contribution < -0.4 is 19.9 Å². The number of piperazine rings is 1. The number of para-hydroxylation sites is 2. The molecule has 0 aliphatic carbocycles. The number of quaternary nitrogens is 1. The summed E-state index contributed by atoms with van der Waals surface area (Å²) in [6.45, 7) is 6.53. The van der Waals surface area contributed by atoms with Crippen LogP contribution in [0.4, 0.5) is 11.4 Å². The summed E-state index contributed by atoms with van der Waals surface area (Å²) < 4.78 is 5.55. The van der Waals surface area contributed by atoms with Crippen LogP contribution in [0.1, 0.15) is 6.92 Å². The smallest absolute Gasteiger partial charge is 0.279 e. The van der Waals surface area contributed by atoms with Gasteiger partial charge in [-0.2, -0.15) is 0 Å². The van der Waals surface area contributed by atoms with Crippen molar-refractivity contribution in [3.63, 3.8) is 0 Å². The Morgan fingerprint density at radius 3 is 2.54 bits per heavy atom. The minimum absolute atomic E-state index is 0.00485. The Bertz CT molecular complexity index is 725. The van der Waals surface area contributed by atoms with Gasteiger partial charge in [-0.3, -0.25) is 4.79 Å². The van der Waals surface area contributed by atoms with Gasteiger partial charge in [-0.05, 0) is 43.3 Å². The minimum atomic E-state index is 0.00485. The fourth-order valence-electron chi connectivity index (χ4n) is 3.19. The lowest BCUT2D eigenvalue weighted by molar-refractivity contribution is -0.892. The molecule has 2 aromatic carbocycles. The monoisotopic (exact) mass is 356 g/mol. The van der Waals surface area contributed by atoms with E-state index in [2.05, 4.69) is 10.2 Å². The molecule has 0 unspecified atom stereocenters. The van der Waals surface area contributed by atoms with E-state index in [1.165, 1.54) is 4.90 Å². The van der Waals surface area contributed by atoms with Crippen LogP contribution in [0.2, 0.25) is 0 Å². The largest absolute Gasteiger partial charge is 0.508 e. The molecule has 2 aromatic rings. The molecule has 3 N–H and O–H groups in total. The number of carbonyl (C=O) groups excluding carboxylic acids is 1. The van der Waals surface area contributed by atoms with Crippen molar-refractivity contribution in [1.82, 2.24) is 0 Å². The number of nitrogens with zero attached hydrogens (tertiary/aromatic N) is 1. The maximum absolute atomic E-state index is 12.4. The van der Waals surface area contributed by atoms with Gasteiger partial charge in [-0.1, -0.05) is 12.1 Å². The van der Waals surface area contributed by atoms with Crippen molar-refractivity contribution >= 4 is 17.3 Å². The van der Waals surface area contributed by atoms with Gasteiger partial charge in [-0.25, -0.2) is 0 Å². The molecule has 1 aliphatic heterocycles. The fraction of sp³-hybridized carbons (Fsp3) is 0.350. The van der Waals surface area contributed by atoms with Crippen molar-refractivity contribution in [2.24, 2.45) is 0 Å². The van der Waals surface area contributed by atoms with Crippen LogP contribution in [0.15, 0.2) is 48.5 Å². The Hall–Kier alpha value is -2.73. The molecule has 6 heteroatoms. The van der Waals surface area contributed by atoms with Crippen molar-refractivity contribution < 1.29 is 19.5 Å². The fourth-order valence-corrected chi connectivity index (χ4v) is 3.19. The molecule has 26 heavy (non-hydrogen) atoms. The lowest BCUT2D eigenvalue weighted by atomic mass is 10.2. The van der Waals surface area contributed by atoms with Gasteiger partial charge >= 0.3 is 0 Å². The highest BCUT2D eigenvalue weighted by Crippen LogP contribution is 2.23. The number of hydrogen-bond acceptors (Lipinski definition) is 4. The van der Waals surface area contributed by atoms with Crippen molar-refractivity contribution in [2.45, 2.75) is 6.92 Å². The second kappa shape index (κ2) is 8.58. The van der Waals surface area contributed by atoms with Gasteiger partial charge in [0.25, 0.3) is 5.91 Å². The number of nitrogens with one attached hydrogen (secondary N) is 2. The lowest BCUT2D eigenvalue weighted by Crippen LogP contribution is -3.15. The molecule has 0 spiro atoms. The van der Waals surface area contributed by atoms with Gasteiger partial charge in [0.1, 0.15) is 11.5 Å². The first-order valence-corrected chi connectivity index (χ1v) is 9.05. The second-order valence-electron chi connectivity index (χ2n) is 6.41. The number of carbonyl (C=O) groups is 1. The van der Waals surface area contributed by atoms with E-state index in [-0.39, 0.29) is 11.7 Å². The lowest BCUT2D eigenvalue weighted by Gasteiger charge is -2.33. The van der Waals surface area contributed by atoms with E-state index in [4.69, 9.17) is 4.74 Å². The predicted octanol–water partition coefficient (Wildman–Crippen LogP) is 1.13. The molecular formula is C20H26N3O3+. The predicted molar refractivity (Wildman–Crippen MR) is 102 cm³/mol. The molecule has 138 valence electrons. The Labute approximate surface area is 154 Å². The quantitative estimate of drug-likeness (QED) is 0.726. The molecule has 0 bridgehead atoms. The maximum Gasteiger partial charge on any atom is 0.279 e. The Balaban J connectivity index is 1.50. The maximum atomic E-state index is 12.4. The summed E-state index contributed by atoms with van der Waals surface area (Å²) in [5.41, 5.74) is 1.83. The van der Waals surface area contributed by atoms with E-state index in [0.29, 0.717) is 18.9 Å². The normalized spacial score (nSPS) is 14.9. The number of phenolic OH excluding ortho intramolecular Hbond substituents is 1. The zero-order valence-corrected chi connectivity index (χ0v) is 15.1. The first kappa shape index (κ1) is 18.1. The molecule has 6 nitrogen and oxygen atoms in total. The van der Waals surface area contributed by atoms with E-state index in [1.54, 1.807) is 12.1 Å². The second-order valence-corrected chi connectivity index (χ2v) is 6.41. The first-order chi connectivity index (χ1) is 12.7. The number of anilines is 2. The Morgan fingerprint density at radius 2 is 1.85 bits per heavy atom. The summed E-state index contributed by atoms with van der Waals surface area (Å²) in [6, 6.07) is 14.8. The van der Waals surface area contributed by atoms with E-state index in [0.717, 1.165) is 37.6 Å². The Kier molecular flexibility index (Phi) is 5.96. The van der Waals surface area contributed by atoms with Crippen LogP contribution in [0.25, 0.3) is 0 Å². The Morgan fingerprint density at radius 1 is 1.15 bits per heavy atom. The van der Waals surface area contributed by atoms with E-state index >= 15 is 0 Å². The van der Waals surface area contributed by atoms with Crippen LogP contribution in [-0.2, 0) is 4.79 Å². The number of hydrogen-bond donors (Lipinski definition) is 3. The summed E-state index contributed by atoms with van der Waals surface area (Å²) in [5, 5.41) is 12.4. The molecule has 1 fully saturated rings. The summed E-state index contributed by atoms with van der Waals surface area (Å²) >= 11 is 0. The van der Waals surface area contributed by atoms with Crippen LogP contribution in [0.3, 0.4) is 0 Å². The van der Waals surface area contributed by atoms with Gasteiger partial charge in [0.15, 0.2) is 6.54 Å². The van der Waals surface area contributed by atoms with Crippen molar-refractivity contribution in [1.29, 1.82) is 0 Å². The number of benzene rings is 2. The van der Waals surface area contributed by atoms with Crippen LogP contribution in [0.5, 0.6) is 11.5 Å². The average molecular weight is 356 g/mol.